The summed E-state index contributed by atoms with van der Waals surface area (Å²) < 4.78 is 0. The van der Waals surface area contributed by atoms with Gasteiger partial charge in [0, 0.05) is 17.8 Å². The lowest BCUT2D eigenvalue weighted by Crippen LogP contribution is -1.93. The Labute approximate surface area is 146 Å². The first-order valence-corrected chi connectivity index (χ1v) is 8.62. The summed E-state index contributed by atoms with van der Waals surface area (Å²) in [5, 5.41) is 7.76. The number of fused-ring (bicyclic) bond motifs is 6. The molecule has 0 aliphatic heterocycles. The molecular weight excluding hydrogens is 302 g/mol. The van der Waals surface area contributed by atoms with Gasteiger partial charge in [0.15, 0.2) is 0 Å². The van der Waals surface area contributed by atoms with E-state index >= 15 is 0 Å². The molecule has 0 aliphatic carbocycles. The molecular formula is C24H17N. The van der Waals surface area contributed by atoms with E-state index in [1.54, 1.807) is 0 Å². The van der Waals surface area contributed by atoms with Crippen LogP contribution in [0.5, 0.6) is 0 Å². The minimum Gasteiger partial charge on any atom is -0.264 e. The van der Waals surface area contributed by atoms with Crippen LogP contribution in [0.1, 0.15) is 11.1 Å². The van der Waals surface area contributed by atoms with Gasteiger partial charge < -0.3 is 0 Å². The van der Waals surface area contributed by atoms with E-state index < -0.39 is 0 Å². The smallest absolute Gasteiger partial charge is 0.0353 e. The molecule has 4 aromatic carbocycles. The highest BCUT2D eigenvalue weighted by atomic mass is 14.6. The summed E-state index contributed by atoms with van der Waals surface area (Å²) in [5.41, 5.74) is 2.60. The predicted molar refractivity (Wildman–Crippen MR) is 106 cm³/mol. The zero-order valence-electron chi connectivity index (χ0n) is 13.8. The summed E-state index contributed by atoms with van der Waals surface area (Å²) >= 11 is 0. The zero-order chi connectivity index (χ0) is 16.6. The summed E-state index contributed by atoms with van der Waals surface area (Å²) in [5.74, 6) is 0. The van der Waals surface area contributed by atoms with Crippen molar-refractivity contribution in [2.24, 2.45) is 0 Å². The number of pyridine rings is 1. The maximum Gasteiger partial charge on any atom is 0.0353 e. The third kappa shape index (κ3) is 2.28. The highest BCUT2D eigenvalue weighted by Crippen LogP contribution is 2.36. The van der Waals surface area contributed by atoms with Crippen molar-refractivity contribution < 1.29 is 0 Å². The van der Waals surface area contributed by atoms with E-state index in [2.05, 4.69) is 83.8 Å². The van der Waals surface area contributed by atoms with Crippen LogP contribution in [-0.2, 0) is 6.42 Å². The van der Waals surface area contributed by atoms with Crippen molar-refractivity contribution in [3.8, 4) is 0 Å². The number of nitrogens with zero attached hydrogens (tertiary/aromatic N) is 1. The van der Waals surface area contributed by atoms with E-state index in [9.17, 15) is 0 Å². The van der Waals surface area contributed by atoms with Crippen LogP contribution in [0.2, 0.25) is 0 Å². The van der Waals surface area contributed by atoms with Crippen LogP contribution in [0.25, 0.3) is 32.3 Å². The number of hydrogen-bond acceptors (Lipinski definition) is 1. The van der Waals surface area contributed by atoms with Crippen LogP contribution in [0.3, 0.4) is 0 Å². The Morgan fingerprint density at radius 2 is 1.08 bits per heavy atom. The molecule has 0 fully saturated rings. The number of rotatable bonds is 2. The molecule has 0 radical (unpaired) electrons. The Hall–Kier alpha value is -3.19. The fraction of sp³-hybridized carbons (Fsp3) is 0.0417. The van der Waals surface area contributed by atoms with Gasteiger partial charge in [-0.05, 0) is 44.5 Å². The van der Waals surface area contributed by atoms with E-state index in [4.69, 9.17) is 0 Å². The first kappa shape index (κ1) is 14.2. The van der Waals surface area contributed by atoms with Gasteiger partial charge in [0.2, 0.25) is 0 Å². The topological polar surface area (TPSA) is 12.9 Å². The molecule has 0 N–H and O–H groups in total. The van der Waals surface area contributed by atoms with Gasteiger partial charge in [0.05, 0.1) is 0 Å². The molecule has 1 heteroatoms. The summed E-state index contributed by atoms with van der Waals surface area (Å²) in [6.07, 6.45) is 4.93. The molecule has 5 rings (SSSR count). The number of hydrogen-bond donors (Lipinski definition) is 0. The predicted octanol–water partition coefficient (Wildman–Crippen LogP) is 6.13. The molecule has 0 aliphatic rings. The molecule has 25 heavy (non-hydrogen) atoms. The lowest BCUT2D eigenvalue weighted by atomic mass is 9.91. The van der Waals surface area contributed by atoms with Crippen LogP contribution in [0, 0.1) is 0 Å². The number of benzene rings is 4. The molecule has 5 aromatic rings. The van der Waals surface area contributed by atoms with Crippen molar-refractivity contribution in [3.05, 3.63) is 102 Å². The van der Waals surface area contributed by atoms with E-state index in [0.29, 0.717) is 0 Å². The SMILES string of the molecule is c1ccc(Cc2cncc3c4ccccc4c4ccccc4c23)cc1. The fourth-order valence-corrected chi connectivity index (χ4v) is 3.86. The van der Waals surface area contributed by atoms with E-state index in [0.717, 1.165) is 6.42 Å². The lowest BCUT2D eigenvalue weighted by molar-refractivity contribution is 1.18. The highest BCUT2D eigenvalue weighted by molar-refractivity contribution is 6.25. The van der Waals surface area contributed by atoms with Crippen LogP contribution in [0.15, 0.2) is 91.3 Å². The minimum atomic E-state index is 0.896. The Balaban J connectivity index is 1.92. The molecule has 1 heterocycles. The van der Waals surface area contributed by atoms with Crippen LogP contribution in [0.4, 0.5) is 0 Å². The Kier molecular flexibility index (Phi) is 3.24. The molecule has 0 spiro atoms. The Morgan fingerprint density at radius 1 is 0.520 bits per heavy atom. The van der Waals surface area contributed by atoms with Gasteiger partial charge >= 0.3 is 0 Å². The Morgan fingerprint density at radius 3 is 1.80 bits per heavy atom. The fourth-order valence-electron chi connectivity index (χ4n) is 3.86. The van der Waals surface area contributed by atoms with E-state index in [1.165, 1.54) is 43.4 Å². The van der Waals surface area contributed by atoms with Gasteiger partial charge in [-0.25, -0.2) is 0 Å². The minimum absolute atomic E-state index is 0.896. The van der Waals surface area contributed by atoms with Gasteiger partial charge in [0.25, 0.3) is 0 Å². The van der Waals surface area contributed by atoms with Crippen LogP contribution < -0.4 is 0 Å². The number of aromatic nitrogens is 1. The molecule has 0 saturated carbocycles. The molecule has 0 bridgehead atoms. The maximum atomic E-state index is 4.57. The third-order valence-electron chi connectivity index (χ3n) is 4.97. The summed E-state index contributed by atoms with van der Waals surface area (Å²) in [7, 11) is 0. The summed E-state index contributed by atoms with van der Waals surface area (Å²) in [4.78, 5) is 4.57. The first-order chi connectivity index (χ1) is 12.4. The van der Waals surface area contributed by atoms with Crippen molar-refractivity contribution in [3.63, 3.8) is 0 Å². The average molecular weight is 319 g/mol. The van der Waals surface area contributed by atoms with E-state index in [1.807, 2.05) is 12.4 Å². The third-order valence-corrected chi connectivity index (χ3v) is 4.97. The molecule has 1 nitrogen and oxygen atoms in total. The van der Waals surface area contributed by atoms with Crippen molar-refractivity contribution in [2.45, 2.75) is 6.42 Å². The molecule has 0 atom stereocenters. The monoisotopic (exact) mass is 319 g/mol. The van der Waals surface area contributed by atoms with Gasteiger partial charge in [-0.1, -0.05) is 78.9 Å². The molecule has 118 valence electrons. The molecule has 1 aromatic heterocycles. The second-order valence-electron chi connectivity index (χ2n) is 6.47. The standard InChI is InChI=1S/C24H17N/c1-2-8-17(9-3-1)14-18-15-25-16-23-21-12-5-4-10-19(21)20-11-6-7-13-22(20)24(18)23/h1-13,15-16H,14H2. The van der Waals surface area contributed by atoms with Gasteiger partial charge in [-0.15, -0.1) is 0 Å². The Bertz CT molecular complexity index is 1160. The quantitative estimate of drug-likeness (QED) is 0.357. The van der Waals surface area contributed by atoms with Crippen molar-refractivity contribution in [1.29, 1.82) is 0 Å². The summed E-state index contributed by atoms with van der Waals surface area (Å²) in [6.45, 7) is 0. The van der Waals surface area contributed by atoms with Crippen molar-refractivity contribution >= 4 is 32.3 Å². The molecule has 0 saturated heterocycles. The van der Waals surface area contributed by atoms with Gasteiger partial charge in [-0.3, -0.25) is 4.98 Å². The van der Waals surface area contributed by atoms with E-state index in [-0.39, 0.29) is 0 Å². The van der Waals surface area contributed by atoms with Crippen LogP contribution >= 0.6 is 0 Å². The van der Waals surface area contributed by atoms with Crippen LogP contribution in [-0.4, -0.2) is 4.98 Å². The first-order valence-electron chi connectivity index (χ1n) is 8.62. The normalized spacial score (nSPS) is 11.4. The summed E-state index contributed by atoms with van der Waals surface area (Å²) in [6, 6.07) is 28.0. The highest BCUT2D eigenvalue weighted by Gasteiger charge is 2.11. The second-order valence-corrected chi connectivity index (χ2v) is 6.47. The van der Waals surface area contributed by atoms with Gasteiger partial charge in [0.1, 0.15) is 0 Å². The van der Waals surface area contributed by atoms with Crippen molar-refractivity contribution in [1.82, 2.24) is 4.98 Å². The largest absolute Gasteiger partial charge is 0.264 e. The maximum absolute atomic E-state index is 4.57. The lowest BCUT2D eigenvalue weighted by Gasteiger charge is -2.13. The average Bonchev–Trinajstić information content (AvgIpc) is 2.69. The van der Waals surface area contributed by atoms with Gasteiger partial charge in [-0.2, -0.15) is 0 Å². The van der Waals surface area contributed by atoms with Crippen molar-refractivity contribution in [2.75, 3.05) is 0 Å². The molecule has 0 unspecified atom stereocenters. The molecule has 0 amide bonds. The zero-order valence-corrected chi connectivity index (χ0v) is 13.8. The second kappa shape index (κ2) is 5.71.